The molecule has 0 saturated carbocycles. The molecule has 0 N–H and O–H groups in total. The van der Waals surface area contributed by atoms with Crippen molar-refractivity contribution < 1.29 is 0 Å². The quantitative estimate of drug-likeness (QED) is 0.599. The Morgan fingerprint density at radius 3 is 1.79 bits per heavy atom. The summed E-state index contributed by atoms with van der Waals surface area (Å²) in [6.45, 7) is 16.3. The maximum Gasteiger partial charge on any atom is 0.0364 e. The van der Waals surface area contributed by atoms with Gasteiger partial charge in [0.1, 0.15) is 0 Å². The summed E-state index contributed by atoms with van der Waals surface area (Å²) in [5, 5.41) is 0. The van der Waals surface area contributed by atoms with Crippen molar-refractivity contribution in [1.82, 2.24) is 0 Å². The van der Waals surface area contributed by atoms with E-state index in [0.717, 1.165) is 6.54 Å². The van der Waals surface area contributed by atoms with Crippen LogP contribution >= 0.6 is 0 Å². The van der Waals surface area contributed by atoms with Crippen molar-refractivity contribution >= 4 is 5.71 Å². The van der Waals surface area contributed by atoms with Gasteiger partial charge in [-0.1, -0.05) is 33.3 Å². The normalized spacial score (nSPS) is 15.1. The fraction of sp³-hybridized carbons (Fsp3) is 0.769. The lowest BCUT2D eigenvalue weighted by Gasteiger charge is -2.18. The molecule has 1 nitrogen and oxygen atoms in total. The Balaban J connectivity index is 5.14. The van der Waals surface area contributed by atoms with Crippen molar-refractivity contribution in [3.8, 4) is 0 Å². The largest absolute Gasteiger partial charge is 0.290 e. The molecule has 0 fully saturated rings. The Labute approximate surface area is 89.3 Å². The highest BCUT2D eigenvalue weighted by Crippen LogP contribution is 2.22. The molecule has 0 aliphatic heterocycles. The summed E-state index contributed by atoms with van der Waals surface area (Å²) in [7, 11) is 0. The molecule has 0 bridgehead atoms. The molecule has 0 radical (unpaired) electrons. The summed E-state index contributed by atoms with van der Waals surface area (Å²) in [6.07, 6.45) is 0. The van der Waals surface area contributed by atoms with Crippen molar-refractivity contribution in [3.05, 3.63) is 11.1 Å². The highest BCUT2D eigenvalue weighted by molar-refractivity contribution is 5.99. The van der Waals surface area contributed by atoms with Gasteiger partial charge in [-0.15, -0.1) is 0 Å². The van der Waals surface area contributed by atoms with Crippen molar-refractivity contribution in [2.75, 3.05) is 6.54 Å². The van der Waals surface area contributed by atoms with Crippen LogP contribution in [0.5, 0.6) is 0 Å². The molecule has 0 aliphatic carbocycles. The molecule has 0 saturated heterocycles. The third-order valence-electron chi connectivity index (χ3n) is 2.65. The second-order valence-electron chi connectivity index (χ2n) is 4.47. The van der Waals surface area contributed by atoms with Crippen molar-refractivity contribution in [2.45, 2.75) is 48.5 Å². The fourth-order valence-corrected chi connectivity index (χ4v) is 1.79. The lowest BCUT2D eigenvalue weighted by atomic mass is 9.89. The average Bonchev–Trinajstić information content (AvgIpc) is 2.03. The highest BCUT2D eigenvalue weighted by atomic mass is 14.7. The molecule has 82 valence electrons. The van der Waals surface area contributed by atoms with E-state index in [-0.39, 0.29) is 0 Å². The van der Waals surface area contributed by atoms with Crippen LogP contribution in [0.1, 0.15) is 48.5 Å². The van der Waals surface area contributed by atoms with Gasteiger partial charge in [0.15, 0.2) is 0 Å². The van der Waals surface area contributed by atoms with Gasteiger partial charge in [-0.05, 0) is 38.2 Å². The van der Waals surface area contributed by atoms with Crippen LogP contribution in [0.25, 0.3) is 0 Å². The molecule has 14 heavy (non-hydrogen) atoms. The van der Waals surface area contributed by atoms with Crippen LogP contribution in [0.4, 0.5) is 0 Å². The summed E-state index contributed by atoms with van der Waals surface area (Å²) in [6, 6.07) is 0. The first-order chi connectivity index (χ1) is 6.41. The number of hydrogen-bond donors (Lipinski definition) is 0. The Hall–Kier alpha value is -0.590. The average molecular weight is 195 g/mol. The van der Waals surface area contributed by atoms with Crippen LogP contribution in [0, 0.1) is 11.8 Å². The Morgan fingerprint density at radius 1 is 1.00 bits per heavy atom. The van der Waals surface area contributed by atoms with Gasteiger partial charge in [0.2, 0.25) is 0 Å². The molecule has 0 heterocycles. The standard InChI is InChI=1S/C13H25N/c1-8-14-12(7)13(10(4)5)11(6)9(2)3/h9-10H,8H2,1-7H3/b13-11+,14-12?. The van der Waals surface area contributed by atoms with E-state index in [0.29, 0.717) is 11.8 Å². The third kappa shape index (κ3) is 3.65. The van der Waals surface area contributed by atoms with Crippen LogP contribution in [0.2, 0.25) is 0 Å². The van der Waals surface area contributed by atoms with Crippen LogP contribution in [0.3, 0.4) is 0 Å². The number of nitrogens with zero attached hydrogens (tertiary/aromatic N) is 1. The van der Waals surface area contributed by atoms with Gasteiger partial charge < -0.3 is 0 Å². The fourth-order valence-electron chi connectivity index (χ4n) is 1.79. The predicted octanol–water partition coefficient (Wildman–Crippen LogP) is 4.10. The highest BCUT2D eigenvalue weighted by Gasteiger charge is 2.12. The minimum atomic E-state index is 0.577. The summed E-state index contributed by atoms with van der Waals surface area (Å²) >= 11 is 0. The Morgan fingerprint density at radius 2 is 1.50 bits per heavy atom. The summed E-state index contributed by atoms with van der Waals surface area (Å²) in [5.74, 6) is 1.20. The molecule has 0 rings (SSSR count). The van der Waals surface area contributed by atoms with E-state index < -0.39 is 0 Å². The van der Waals surface area contributed by atoms with Gasteiger partial charge in [-0.25, -0.2) is 0 Å². The van der Waals surface area contributed by atoms with E-state index in [4.69, 9.17) is 0 Å². The van der Waals surface area contributed by atoms with E-state index in [9.17, 15) is 0 Å². The zero-order valence-electron chi connectivity index (χ0n) is 10.8. The number of aliphatic imine (C=N–C) groups is 1. The topological polar surface area (TPSA) is 12.4 Å². The van der Waals surface area contributed by atoms with E-state index in [2.05, 4.69) is 53.5 Å². The van der Waals surface area contributed by atoms with Gasteiger partial charge >= 0.3 is 0 Å². The molecule has 0 unspecified atom stereocenters. The van der Waals surface area contributed by atoms with Crippen LogP contribution < -0.4 is 0 Å². The molecule has 1 heteroatoms. The SMILES string of the molecule is CCN=C(C)/C(=C(\C)C(C)C)C(C)C. The van der Waals surface area contributed by atoms with Gasteiger partial charge in [0.05, 0.1) is 0 Å². The predicted molar refractivity (Wildman–Crippen MR) is 66.0 cm³/mol. The van der Waals surface area contributed by atoms with E-state index >= 15 is 0 Å². The Kier molecular flexibility index (Phi) is 5.75. The summed E-state index contributed by atoms with van der Waals surface area (Å²) < 4.78 is 0. The monoisotopic (exact) mass is 195 g/mol. The second kappa shape index (κ2) is 6.00. The lowest BCUT2D eigenvalue weighted by Crippen LogP contribution is -2.10. The molecule has 0 aromatic rings. The third-order valence-corrected chi connectivity index (χ3v) is 2.65. The first-order valence-corrected chi connectivity index (χ1v) is 5.63. The first kappa shape index (κ1) is 13.4. The van der Waals surface area contributed by atoms with E-state index in [1.165, 1.54) is 16.9 Å². The first-order valence-electron chi connectivity index (χ1n) is 5.63. The molecule has 0 aromatic carbocycles. The second-order valence-corrected chi connectivity index (χ2v) is 4.47. The number of hydrogen-bond acceptors (Lipinski definition) is 1. The minimum absolute atomic E-state index is 0.577. The van der Waals surface area contributed by atoms with Crippen LogP contribution in [-0.2, 0) is 0 Å². The summed E-state index contributed by atoms with van der Waals surface area (Å²) in [4.78, 5) is 4.51. The zero-order valence-corrected chi connectivity index (χ0v) is 10.8. The molecule has 0 amide bonds. The van der Waals surface area contributed by atoms with Crippen molar-refractivity contribution in [2.24, 2.45) is 16.8 Å². The van der Waals surface area contributed by atoms with Crippen molar-refractivity contribution in [3.63, 3.8) is 0 Å². The number of allylic oxidation sites excluding steroid dienone is 2. The Bertz CT molecular complexity index is 232. The molecular weight excluding hydrogens is 170 g/mol. The minimum Gasteiger partial charge on any atom is -0.290 e. The molecule has 0 aliphatic rings. The smallest absolute Gasteiger partial charge is 0.0364 e. The lowest BCUT2D eigenvalue weighted by molar-refractivity contribution is 0.712. The molecular formula is C13H25N. The van der Waals surface area contributed by atoms with Crippen molar-refractivity contribution in [1.29, 1.82) is 0 Å². The van der Waals surface area contributed by atoms with Gasteiger partial charge in [-0.2, -0.15) is 0 Å². The van der Waals surface area contributed by atoms with Crippen LogP contribution in [-0.4, -0.2) is 12.3 Å². The van der Waals surface area contributed by atoms with Crippen LogP contribution in [0.15, 0.2) is 16.1 Å². The molecule has 0 aromatic heterocycles. The molecule has 0 spiro atoms. The van der Waals surface area contributed by atoms with Gasteiger partial charge in [0, 0.05) is 12.3 Å². The van der Waals surface area contributed by atoms with Gasteiger partial charge in [-0.3, -0.25) is 4.99 Å². The van der Waals surface area contributed by atoms with E-state index in [1.807, 2.05) is 0 Å². The molecule has 0 atom stereocenters. The van der Waals surface area contributed by atoms with Gasteiger partial charge in [0.25, 0.3) is 0 Å². The van der Waals surface area contributed by atoms with E-state index in [1.54, 1.807) is 0 Å². The maximum absolute atomic E-state index is 4.51. The number of rotatable bonds is 4. The zero-order chi connectivity index (χ0) is 11.3. The maximum atomic E-state index is 4.51. The summed E-state index contributed by atoms with van der Waals surface area (Å²) in [5.41, 5.74) is 4.14.